The highest BCUT2D eigenvalue weighted by atomic mass is 127. The molecule has 0 atom stereocenters. The Morgan fingerprint density at radius 1 is 1.25 bits per heavy atom. The molecule has 0 radical (unpaired) electrons. The maximum atomic E-state index is 12.2. The van der Waals surface area contributed by atoms with Crippen molar-refractivity contribution in [1.82, 2.24) is 5.43 Å². The van der Waals surface area contributed by atoms with E-state index in [-0.39, 0.29) is 11.4 Å². The monoisotopic (exact) mass is 487 g/mol. The van der Waals surface area contributed by atoms with Crippen LogP contribution in [0.25, 0.3) is 5.57 Å². The van der Waals surface area contributed by atoms with Crippen molar-refractivity contribution in [3.8, 4) is 0 Å². The van der Waals surface area contributed by atoms with Gasteiger partial charge in [-0.1, -0.05) is 25.1 Å². The third-order valence-corrected chi connectivity index (χ3v) is 5.59. The second-order valence-electron chi connectivity index (χ2n) is 7.62. The number of rotatable bonds is 5. The molecule has 28 heavy (non-hydrogen) atoms. The lowest BCUT2D eigenvalue weighted by molar-refractivity contribution is 0.0955. The van der Waals surface area contributed by atoms with Crippen molar-refractivity contribution in [3.63, 3.8) is 0 Å². The number of amides is 1. The van der Waals surface area contributed by atoms with Gasteiger partial charge in [0, 0.05) is 26.9 Å². The van der Waals surface area contributed by atoms with Crippen molar-refractivity contribution in [3.05, 3.63) is 68.8 Å². The van der Waals surface area contributed by atoms with Gasteiger partial charge in [0.2, 0.25) is 0 Å². The van der Waals surface area contributed by atoms with Crippen LogP contribution in [-0.2, 0) is 0 Å². The molecule has 0 unspecified atom stereocenters. The molecule has 1 heterocycles. The van der Waals surface area contributed by atoms with E-state index in [2.05, 4.69) is 90.0 Å². The fraction of sp³-hybridized carbons (Fsp3) is 0.304. The summed E-state index contributed by atoms with van der Waals surface area (Å²) in [5.74, 6) is -0.209. The molecule has 146 valence electrons. The highest BCUT2D eigenvalue weighted by Crippen LogP contribution is 2.39. The molecule has 0 fully saturated rings. The van der Waals surface area contributed by atoms with Crippen LogP contribution in [-0.4, -0.2) is 24.2 Å². The lowest BCUT2D eigenvalue weighted by atomic mass is 9.88. The first-order chi connectivity index (χ1) is 13.3. The Hall–Kier alpha value is -2.15. The molecular weight excluding hydrogens is 461 g/mol. The Kier molecular flexibility index (Phi) is 6.23. The largest absolute Gasteiger partial charge is 0.362 e. The fourth-order valence-electron chi connectivity index (χ4n) is 3.67. The number of benzene rings is 2. The molecule has 1 aliphatic rings. The number of allylic oxidation sites excluding steroid dienone is 1. The minimum atomic E-state index is -0.209. The van der Waals surface area contributed by atoms with Crippen LogP contribution in [0.2, 0.25) is 0 Å². The zero-order valence-electron chi connectivity index (χ0n) is 16.8. The zero-order chi connectivity index (χ0) is 20.3. The maximum absolute atomic E-state index is 12.2. The SMILES string of the molecule is CCCN1c2ccc(/C=N\NC(=O)c3cccc(I)c3)cc2C(C)=CC1(C)C. The van der Waals surface area contributed by atoms with Crippen molar-refractivity contribution in [2.24, 2.45) is 5.10 Å². The quantitative estimate of drug-likeness (QED) is 0.346. The van der Waals surface area contributed by atoms with E-state index in [0.717, 1.165) is 22.1 Å². The number of nitrogens with zero attached hydrogens (tertiary/aromatic N) is 2. The first-order valence-electron chi connectivity index (χ1n) is 9.52. The molecule has 4 nitrogen and oxygen atoms in total. The van der Waals surface area contributed by atoms with Gasteiger partial charge < -0.3 is 4.90 Å². The average molecular weight is 487 g/mol. The molecule has 0 aliphatic carbocycles. The number of hydrogen-bond donors (Lipinski definition) is 1. The Bertz CT molecular complexity index is 947. The van der Waals surface area contributed by atoms with Crippen LogP contribution < -0.4 is 10.3 Å². The van der Waals surface area contributed by atoms with Crippen LogP contribution in [0.15, 0.2) is 53.6 Å². The van der Waals surface area contributed by atoms with Crippen LogP contribution in [0.4, 0.5) is 5.69 Å². The number of hydrazone groups is 1. The Labute approximate surface area is 180 Å². The summed E-state index contributed by atoms with van der Waals surface area (Å²) in [5.41, 5.74) is 7.93. The predicted octanol–water partition coefficient (Wildman–Crippen LogP) is 5.47. The summed E-state index contributed by atoms with van der Waals surface area (Å²) in [6.07, 6.45) is 5.12. The molecule has 0 aromatic heterocycles. The normalized spacial score (nSPS) is 15.3. The smallest absolute Gasteiger partial charge is 0.271 e. The topological polar surface area (TPSA) is 44.7 Å². The molecule has 5 heteroatoms. The van der Waals surface area contributed by atoms with Gasteiger partial charge in [-0.3, -0.25) is 4.79 Å². The number of fused-ring (bicyclic) bond motifs is 1. The van der Waals surface area contributed by atoms with Crippen LogP contribution in [0.1, 0.15) is 55.6 Å². The lowest BCUT2D eigenvalue weighted by Gasteiger charge is -2.43. The van der Waals surface area contributed by atoms with Gasteiger partial charge >= 0.3 is 0 Å². The molecule has 1 amide bonds. The molecule has 3 rings (SSSR count). The highest BCUT2D eigenvalue weighted by Gasteiger charge is 2.30. The molecule has 0 bridgehead atoms. The van der Waals surface area contributed by atoms with E-state index in [9.17, 15) is 4.79 Å². The summed E-state index contributed by atoms with van der Waals surface area (Å²) < 4.78 is 1.02. The van der Waals surface area contributed by atoms with Gasteiger partial charge in [-0.05, 0) is 91.3 Å². The van der Waals surface area contributed by atoms with Crippen molar-refractivity contribution >= 4 is 46.0 Å². The second kappa shape index (κ2) is 8.47. The van der Waals surface area contributed by atoms with Gasteiger partial charge in [0.15, 0.2) is 0 Å². The predicted molar refractivity (Wildman–Crippen MR) is 126 cm³/mol. The molecular formula is C23H26IN3O. The maximum Gasteiger partial charge on any atom is 0.271 e. The van der Waals surface area contributed by atoms with Crippen LogP contribution in [0.3, 0.4) is 0 Å². The highest BCUT2D eigenvalue weighted by molar-refractivity contribution is 14.1. The number of carbonyl (C=O) groups excluding carboxylic acids is 1. The van der Waals surface area contributed by atoms with Gasteiger partial charge in [-0.25, -0.2) is 5.43 Å². The van der Waals surface area contributed by atoms with Crippen molar-refractivity contribution < 1.29 is 4.79 Å². The van der Waals surface area contributed by atoms with Gasteiger partial charge in [0.25, 0.3) is 5.91 Å². The van der Waals surface area contributed by atoms with Gasteiger partial charge in [-0.2, -0.15) is 5.10 Å². The summed E-state index contributed by atoms with van der Waals surface area (Å²) in [5, 5.41) is 4.15. The standard InChI is InChI=1S/C23H26IN3O/c1-5-11-27-21-10-9-17(12-20(21)16(2)14-23(27,3)4)15-25-26-22(28)18-7-6-8-19(24)13-18/h6-10,12-15H,5,11H2,1-4H3,(H,26,28)/b25-15-. The van der Waals surface area contributed by atoms with Crippen LogP contribution >= 0.6 is 22.6 Å². The van der Waals surface area contributed by atoms with Crippen molar-refractivity contribution in [2.75, 3.05) is 11.4 Å². The molecule has 0 saturated heterocycles. The summed E-state index contributed by atoms with van der Waals surface area (Å²) in [6, 6.07) is 13.8. The minimum absolute atomic E-state index is 0.00384. The van der Waals surface area contributed by atoms with E-state index in [1.807, 2.05) is 18.2 Å². The van der Waals surface area contributed by atoms with Gasteiger partial charge in [0.05, 0.1) is 11.8 Å². The Morgan fingerprint density at radius 2 is 2.04 bits per heavy atom. The lowest BCUT2D eigenvalue weighted by Crippen LogP contribution is -2.45. The molecule has 1 aliphatic heterocycles. The van der Waals surface area contributed by atoms with E-state index in [1.165, 1.54) is 16.8 Å². The summed E-state index contributed by atoms with van der Waals surface area (Å²) in [4.78, 5) is 14.7. The third kappa shape index (κ3) is 4.46. The molecule has 0 spiro atoms. The molecule has 1 N–H and O–H groups in total. The van der Waals surface area contributed by atoms with E-state index >= 15 is 0 Å². The number of nitrogens with one attached hydrogen (secondary N) is 1. The first-order valence-corrected chi connectivity index (χ1v) is 10.6. The van der Waals surface area contributed by atoms with Crippen LogP contribution in [0, 0.1) is 3.57 Å². The third-order valence-electron chi connectivity index (χ3n) is 4.92. The van der Waals surface area contributed by atoms with Gasteiger partial charge in [-0.15, -0.1) is 0 Å². The van der Waals surface area contributed by atoms with E-state index in [1.54, 1.807) is 12.3 Å². The van der Waals surface area contributed by atoms with E-state index in [4.69, 9.17) is 0 Å². The van der Waals surface area contributed by atoms with Gasteiger partial charge in [0.1, 0.15) is 0 Å². The summed E-state index contributed by atoms with van der Waals surface area (Å²) >= 11 is 2.19. The zero-order valence-corrected chi connectivity index (χ0v) is 18.9. The summed E-state index contributed by atoms with van der Waals surface area (Å²) in [7, 11) is 0. The van der Waals surface area contributed by atoms with E-state index in [0.29, 0.717) is 5.56 Å². The molecule has 2 aromatic rings. The first kappa shape index (κ1) is 20.6. The molecule has 0 saturated carbocycles. The number of carbonyl (C=O) groups is 1. The summed E-state index contributed by atoms with van der Waals surface area (Å²) in [6.45, 7) is 9.89. The number of halogens is 1. The minimum Gasteiger partial charge on any atom is -0.362 e. The Balaban J connectivity index is 1.79. The number of anilines is 1. The fourth-order valence-corrected chi connectivity index (χ4v) is 4.22. The van der Waals surface area contributed by atoms with E-state index < -0.39 is 0 Å². The van der Waals surface area contributed by atoms with Crippen LogP contribution in [0.5, 0.6) is 0 Å². The molecule has 2 aromatic carbocycles. The second-order valence-corrected chi connectivity index (χ2v) is 8.86. The average Bonchev–Trinajstić information content (AvgIpc) is 2.65. The van der Waals surface area contributed by atoms with Crippen molar-refractivity contribution in [2.45, 2.75) is 39.7 Å². The Morgan fingerprint density at radius 3 is 2.75 bits per heavy atom. The van der Waals surface area contributed by atoms with Crippen molar-refractivity contribution in [1.29, 1.82) is 0 Å². The number of hydrogen-bond acceptors (Lipinski definition) is 3.